The van der Waals surface area contributed by atoms with Crippen LogP contribution in [0.1, 0.15) is 80.0 Å². The Morgan fingerprint density at radius 1 is 0.909 bits per heavy atom. The highest BCUT2D eigenvalue weighted by molar-refractivity contribution is 6.39. The zero-order valence-electron chi connectivity index (χ0n) is 25.5. The normalized spacial score (nSPS) is 26.9. The number of piperidine rings is 2. The van der Waals surface area contributed by atoms with Gasteiger partial charge in [0, 0.05) is 51.7 Å². The van der Waals surface area contributed by atoms with Crippen molar-refractivity contribution in [2.24, 2.45) is 0 Å². The molecular formula is C31H40ClN5O7. The SMILES string of the molecule is CC(C)(C)OC(=O)N1CCC(OC2CC(N3CCN(c4ccc5c(c4Cl)C(=O)N(C4CCC(=O)NC4=O)C5=O)CC3)C2)CC1. The lowest BCUT2D eigenvalue weighted by Gasteiger charge is -2.47. The molecule has 1 atom stereocenters. The van der Waals surface area contributed by atoms with Gasteiger partial charge < -0.3 is 19.3 Å². The molecule has 4 aliphatic heterocycles. The molecule has 3 saturated heterocycles. The van der Waals surface area contributed by atoms with Gasteiger partial charge in [-0.15, -0.1) is 0 Å². The fraction of sp³-hybridized carbons (Fsp3) is 0.645. The number of nitrogens with one attached hydrogen (secondary N) is 1. The molecule has 44 heavy (non-hydrogen) atoms. The summed E-state index contributed by atoms with van der Waals surface area (Å²) in [6.07, 6.45) is 3.92. The average Bonchev–Trinajstić information content (AvgIpc) is 3.20. The van der Waals surface area contributed by atoms with Crippen LogP contribution in [0.2, 0.25) is 5.02 Å². The van der Waals surface area contributed by atoms with E-state index in [9.17, 15) is 24.0 Å². The molecule has 0 radical (unpaired) electrons. The molecule has 1 aromatic rings. The Kier molecular flexibility index (Phi) is 8.36. The number of ether oxygens (including phenoxy) is 2. The molecule has 1 saturated carbocycles. The van der Waals surface area contributed by atoms with Crippen LogP contribution < -0.4 is 10.2 Å². The van der Waals surface area contributed by atoms with Crippen LogP contribution in [-0.4, -0.2) is 114 Å². The number of anilines is 1. The summed E-state index contributed by atoms with van der Waals surface area (Å²) in [7, 11) is 0. The lowest BCUT2D eigenvalue weighted by molar-refractivity contribution is -0.136. The van der Waals surface area contributed by atoms with Crippen molar-refractivity contribution < 1.29 is 33.4 Å². The third-order valence-corrected chi connectivity index (χ3v) is 9.63. The number of imide groups is 2. The molecule has 5 amide bonds. The lowest BCUT2D eigenvalue weighted by atomic mass is 9.87. The van der Waals surface area contributed by atoms with E-state index in [2.05, 4.69) is 15.1 Å². The van der Waals surface area contributed by atoms with Crippen LogP contribution in [0.3, 0.4) is 0 Å². The van der Waals surface area contributed by atoms with Gasteiger partial charge >= 0.3 is 6.09 Å². The predicted octanol–water partition coefficient (Wildman–Crippen LogP) is 2.81. The van der Waals surface area contributed by atoms with Crippen LogP contribution >= 0.6 is 11.6 Å². The number of piperazine rings is 1. The standard InChI is InChI=1S/C31H40ClN5O7/c1-31(2,3)44-30(42)36-10-8-19(9-11-36)43-20-16-18(17-20)34-12-14-35(15-13-34)22-5-4-21-25(26(22)32)29(41)37(28(21)40)23-6-7-24(38)33-27(23)39/h4-5,18-20,23H,6-17H2,1-3H3,(H,33,38,39). The van der Waals surface area contributed by atoms with Crippen molar-refractivity contribution in [3.8, 4) is 0 Å². The number of nitrogens with zero attached hydrogens (tertiary/aromatic N) is 4. The number of benzene rings is 1. The monoisotopic (exact) mass is 629 g/mol. The highest BCUT2D eigenvalue weighted by atomic mass is 35.5. The minimum absolute atomic E-state index is 0.0656. The largest absolute Gasteiger partial charge is 0.444 e. The molecular weight excluding hydrogens is 590 g/mol. The lowest BCUT2D eigenvalue weighted by Crippen LogP contribution is -2.56. The number of fused-ring (bicyclic) bond motifs is 1. The van der Waals surface area contributed by atoms with Crippen LogP contribution in [0.4, 0.5) is 10.5 Å². The molecule has 238 valence electrons. The van der Waals surface area contributed by atoms with Crippen molar-refractivity contribution in [3.63, 3.8) is 0 Å². The van der Waals surface area contributed by atoms with Crippen LogP contribution in [0.25, 0.3) is 0 Å². The number of amides is 5. The molecule has 4 heterocycles. The van der Waals surface area contributed by atoms with Gasteiger partial charge in [-0.1, -0.05) is 11.6 Å². The van der Waals surface area contributed by atoms with E-state index in [4.69, 9.17) is 21.1 Å². The van der Waals surface area contributed by atoms with Gasteiger partial charge in [0.2, 0.25) is 11.8 Å². The van der Waals surface area contributed by atoms with Crippen molar-refractivity contribution in [3.05, 3.63) is 28.3 Å². The second-order valence-electron chi connectivity index (χ2n) is 13.3. The molecule has 4 fully saturated rings. The third-order valence-electron chi connectivity index (χ3n) is 9.25. The maximum absolute atomic E-state index is 13.3. The van der Waals surface area contributed by atoms with E-state index in [0.29, 0.717) is 24.8 Å². The summed E-state index contributed by atoms with van der Waals surface area (Å²) in [5, 5.41) is 2.44. The average molecular weight is 630 g/mol. The maximum atomic E-state index is 13.3. The first-order valence-corrected chi connectivity index (χ1v) is 15.9. The summed E-state index contributed by atoms with van der Waals surface area (Å²) in [6, 6.07) is 2.82. The van der Waals surface area contributed by atoms with Crippen LogP contribution in [0.15, 0.2) is 12.1 Å². The smallest absolute Gasteiger partial charge is 0.410 e. The summed E-state index contributed by atoms with van der Waals surface area (Å²) in [5.41, 5.74) is 0.509. The van der Waals surface area contributed by atoms with Crippen molar-refractivity contribution in [1.82, 2.24) is 20.0 Å². The van der Waals surface area contributed by atoms with E-state index in [1.54, 1.807) is 17.0 Å². The maximum Gasteiger partial charge on any atom is 0.410 e. The molecule has 0 aromatic heterocycles. The number of rotatable bonds is 5. The summed E-state index contributed by atoms with van der Waals surface area (Å²) in [5.74, 6) is -2.21. The Bertz CT molecular complexity index is 1360. The van der Waals surface area contributed by atoms with Gasteiger partial charge in [-0.25, -0.2) is 4.79 Å². The first-order valence-electron chi connectivity index (χ1n) is 15.6. The minimum atomic E-state index is -1.02. The van der Waals surface area contributed by atoms with E-state index in [0.717, 1.165) is 56.8 Å². The molecule has 1 N–H and O–H groups in total. The molecule has 6 rings (SSSR count). The molecule has 0 bridgehead atoms. The predicted molar refractivity (Wildman–Crippen MR) is 161 cm³/mol. The third kappa shape index (κ3) is 6.03. The van der Waals surface area contributed by atoms with Gasteiger partial charge in [-0.05, 0) is 65.0 Å². The number of likely N-dealkylation sites (tertiary alicyclic amines) is 1. The Balaban J connectivity index is 0.978. The first kappa shape index (κ1) is 30.8. The van der Waals surface area contributed by atoms with Crippen LogP contribution in [0.5, 0.6) is 0 Å². The van der Waals surface area contributed by atoms with Gasteiger partial charge in [0.1, 0.15) is 11.6 Å². The van der Waals surface area contributed by atoms with E-state index in [1.165, 1.54) is 0 Å². The van der Waals surface area contributed by atoms with Gasteiger partial charge in [0.25, 0.3) is 11.8 Å². The quantitative estimate of drug-likeness (QED) is 0.489. The van der Waals surface area contributed by atoms with Crippen molar-refractivity contribution >= 4 is 47.0 Å². The first-order chi connectivity index (χ1) is 20.9. The summed E-state index contributed by atoms with van der Waals surface area (Å²) >= 11 is 6.76. The van der Waals surface area contributed by atoms with Gasteiger partial charge in [-0.2, -0.15) is 0 Å². The summed E-state index contributed by atoms with van der Waals surface area (Å²) in [6.45, 7) is 10.1. The molecule has 1 unspecified atom stereocenters. The van der Waals surface area contributed by atoms with Gasteiger partial charge in [-0.3, -0.25) is 34.3 Å². The van der Waals surface area contributed by atoms with E-state index < -0.39 is 35.3 Å². The molecule has 1 aromatic carbocycles. The Labute approximate surface area is 261 Å². The highest BCUT2D eigenvalue weighted by Gasteiger charge is 2.46. The fourth-order valence-corrected chi connectivity index (χ4v) is 7.16. The fourth-order valence-electron chi connectivity index (χ4n) is 6.80. The number of carbonyl (C=O) groups excluding carboxylic acids is 5. The number of carbonyl (C=O) groups is 5. The Morgan fingerprint density at radius 2 is 1.59 bits per heavy atom. The Morgan fingerprint density at radius 3 is 2.23 bits per heavy atom. The van der Waals surface area contributed by atoms with Crippen molar-refractivity contribution in [1.29, 1.82) is 0 Å². The number of hydrogen-bond acceptors (Lipinski definition) is 9. The molecule has 0 spiro atoms. The topological polar surface area (TPSA) is 129 Å². The van der Waals surface area contributed by atoms with E-state index in [-0.39, 0.29) is 47.3 Å². The minimum Gasteiger partial charge on any atom is -0.444 e. The van der Waals surface area contributed by atoms with Crippen molar-refractivity contribution in [2.45, 2.75) is 89.2 Å². The zero-order valence-corrected chi connectivity index (χ0v) is 26.2. The molecule has 1 aliphatic carbocycles. The van der Waals surface area contributed by atoms with Gasteiger partial charge in [0.15, 0.2) is 0 Å². The summed E-state index contributed by atoms with van der Waals surface area (Å²) in [4.78, 5) is 70.0. The second kappa shape index (κ2) is 11.9. The highest BCUT2D eigenvalue weighted by Crippen LogP contribution is 2.39. The van der Waals surface area contributed by atoms with Crippen LogP contribution in [-0.2, 0) is 19.1 Å². The second-order valence-corrected chi connectivity index (χ2v) is 13.7. The number of hydrogen-bond donors (Lipinski definition) is 1. The van der Waals surface area contributed by atoms with E-state index >= 15 is 0 Å². The summed E-state index contributed by atoms with van der Waals surface area (Å²) < 4.78 is 11.9. The molecule has 5 aliphatic rings. The Hall–Kier alpha value is -3.22. The van der Waals surface area contributed by atoms with Crippen molar-refractivity contribution in [2.75, 3.05) is 44.2 Å². The molecule has 13 heteroatoms. The zero-order chi connectivity index (χ0) is 31.3. The number of halogens is 1. The van der Waals surface area contributed by atoms with Crippen LogP contribution in [0, 0.1) is 0 Å². The van der Waals surface area contributed by atoms with E-state index in [1.807, 2.05) is 20.8 Å². The molecule has 12 nitrogen and oxygen atoms in total. The van der Waals surface area contributed by atoms with Gasteiger partial charge in [0.05, 0.1) is 34.0 Å².